The van der Waals surface area contributed by atoms with Crippen molar-refractivity contribution in [3.8, 4) is 23.0 Å². The molecular formula is C36H36Br4O6. The largest absolute Gasteiger partial charge is 0.506 e. The van der Waals surface area contributed by atoms with Crippen molar-refractivity contribution < 1.29 is 29.2 Å². The second-order valence-electron chi connectivity index (χ2n) is 12.4. The molecule has 4 aromatic carbocycles. The average Bonchev–Trinajstić information content (AvgIpc) is 3.96. The lowest BCUT2D eigenvalue weighted by atomic mass is 9.78. The number of rotatable bonds is 10. The second-order valence-corrected chi connectivity index (χ2v) is 15.8. The third kappa shape index (κ3) is 8.68. The number of ether oxygens (including phenoxy) is 4. The molecule has 2 N–H and O–H groups in total. The average molecular weight is 884 g/mol. The molecule has 10 heteroatoms. The normalized spacial score (nSPS) is 17.1. The van der Waals surface area contributed by atoms with Crippen LogP contribution in [0, 0.1) is 0 Å². The summed E-state index contributed by atoms with van der Waals surface area (Å²) in [7, 11) is 0. The molecule has 0 radical (unpaired) electrons. The van der Waals surface area contributed by atoms with Crippen LogP contribution in [-0.4, -0.2) is 48.8 Å². The summed E-state index contributed by atoms with van der Waals surface area (Å²) in [5.41, 5.74) is 4.17. The van der Waals surface area contributed by atoms with Gasteiger partial charge in [-0.2, -0.15) is 0 Å². The minimum atomic E-state index is -0.308. The van der Waals surface area contributed by atoms with Gasteiger partial charge in [0.1, 0.15) is 48.4 Å². The molecule has 0 aliphatic carbocycles. The fraction of sp³-hybridized carbons (Fsp3) is 0.333. The minimum Gasteiger partial charge on any atom is -0.506 e. The quantitative estimate of drug-likeness (QED) is 0.154. The van der Waals surface area contributed by atoms with Crippen molar-refractivity contribution in [2.24, 2.45) is 0 Å². The molecule has 0 spiro atoms. The van der Waals surface area contributed by atoms with E-state index in [1.54, 1.807) is 0 Å². The highest BCUT2D eigenvalue weighted by molar-refractivity contribution is 9.11. The summed E-state index contributed by atoms with van der Waals surface area (Å²) in [6, 6.07) is 24.3. The number of phenols is 2. The lowest BCUT2D eigenvalue weighted by molar-refractivity contribution is 0.263. The van der Waals surface area contributed by atoms with Crippen LogP contribution in [0.4, 0.5) is 0 Å². The van der Waals surface area contributed by atoms with Crippen molar-refractivity contribution >= 4 is 63.7 Å². The molecule has 0 bridgehead atoms. The van der Waals surface area contributed by atoms with Crippen molar-refractivity contribution in [3.63, 3.8) is 0 Å². The van der Waals surface area contributed by atoms with Crippen LogP contribution in [0.3, 0.4) is 0 Å². The van der Waals surface area contributed by atoms with Crippen LogP contribution in [0.5, 0.6) is 23.0 Å². The Labute approximate surface area is 303 Å². The summed E-state index contributed by atoms with van der Waals surface area (Å²) in [6.07, 6.45) is 0.562. The summed E-state index contributed by atoms with van der Waals surface area (Å²) in [5.74, 6) is 2.15. The minimum absolute atomic E-state index is 0.0870. The Balaban J connectivity index is 0.000000184. The van der Waals surface area contributed by atoms with E-state index in [-0.39, 0.29) is 34.5 Å². The smallest absolute Gasteiger partial charge is 0.143 e. The summed E-state index contributed by atoms with van der Waals surface area (Å²) in [5, 5.41) is 19.7. The summed E-state index contributed by atoms with van der Waals surface area (Å²) >= 11 is 13.5. The van der Waals surface area contributed by atoms with E-state index in [4.69, 9.17) is 18.9 Å². The van der Waals surface area contributed by atoms with Crippen LogP contribution in [0.25, 0.3) is 0 Å². The van der Waals surface area contributed by atoms with Crippen LogP contribution in [0.2, 0.25) is 0 Å². The van der Waals surface area contributed by atoms with E-state index in [9.17, 15) is 10.2 Å². The fourth-order valence-electron chi connectivity index (χ4n) is 4.83. The molecule has 6 rings (SSSR count). The predicted octanol–water partition coefficient (Wildman–Crippen LogP) is 10.0. The van der Waals surface area contributed by atoms with E-state index in [1.165, 1.54) is 11.1 Å². The van der Waals surface area contributed by atoms with Crippen LogP contribution >= 0.6 is 63.7 Å². The zero-order chi connectivity index (χ0) is 33.2. The molecule has 4 aromatic rings. The van der Waals surface area contributed by atoms with Crippen molar-refractivity contribution in [2.75, 3.05) is 26.4 Å². The van der Waals surface area contributed by atoms with Gasteiger partial charge in [-0.1, -0.05) is 52.0 Å². The zero-order valence-electron chi connectivity index (χ0n) is 26.0. The monoisotopic (exact) mass is 880 g/mol. The Morgan fingerprint density at radius 2 is 0.848 bits per heavy atom. The first-order valence-corrected chi connectivity index (χ1v) is 18.0. The van der Waals surface area contributed by atoms with Crippen molar-refractivity contribution in [3.05, 3.63) is 113 Å². The summed E-state index contributed by atoms with van der Waals surface area (Å²) in [4.78, 5) is 0. The van der Waals surface area contributed by atoms with Gasteiger partial charge in [0.25, 0.3) is 0 Å². The van der Waals surface area contributed by atoms with Gasteiger partial charge in [0.15, 0.2) is 0 Å². The molecule has 2 heterocycles. The number of phenolic OH excluding ortho intramolecular Hbond substituents is 2. The molecule has 0 amide bonds. The summed E-state index contributed by atoms with van der Waals surface area (Å²) < 4.78 is 24.3. The first-order valence-electron chi connectivity index (χ1n) is 14.8. The fourth-order valence-corrected chi connectivity index (χ4v) is 7.20. The van der Waals surface area contributed by atoms with Gasteiger partial charge >= 0.3 is 0 Å². The topological polar surface area (TPSA) is 84.0 Å². The van der Waals surface area contributed by atoms with Gasteiger partial charge in [-0.15, -0.1) is 0 Å². The Kier molecular flexibility index (Phi) is 11.2. The molecule has 2 atom stereocenters. The van der Waals surface area contributed by atoms with E-state index in [1.807, 2.05) is 48.5 Å². The molecule has 2 aliphatic rings. The van der Waals surface area contributed by atoms with Crippen molar-refractivity contribution in [1.82, 2.24) is 0 Å². The maximum absolute atomic E-state index is 9.85. The number of aromatic hydroxyl groups is 2. The van der Waals surface area contributed by atoms with Gasteiger partial charge < -0.3 is 29.2 Å². The van der Waals surface area contributed by atoms with Gasteiger partial charge in [-0.25, -0.2) is 0 Å². The van der Waals surface area contributed by atoms with E-state index in [0.717, 1.165) is 35.8 Å². The van der Waals surface area contributed by atoms with Gasteiger partial charge in [0.2, 0.25) is 0 Å². The number of halogens is 4. The first kappa shape index (κ1) is 35.2. The number of benzene rings is 4. The molecule has 2 saturated heterocycles. The molecule has 46 heavy (non-hydrogen) atoms. The highest BCUT2D eigenvalue weighted by Crippen LogP contribution is 2.43. The maximum Gasteiger partial charge on any atom is 0.143 e. The van der Waals surface area contributed by atoms with Gasteiger partial charge in [-0.05, 0) is 135 Å². The van der Waals surface area contributed by atoms with Crippen molar-refractivity contribution in [2.45, 2.75) is 50.7 Å². The number of hydrogen-bond acceptors (Lipinski definition) is 6. The number of epoxide rings is 2. The molecule has 0 saturated carbocycles. The number of hydrogen-bond donors (Lipinski definition) is 2. The molecule has 2 aliphatic heterocycles. The van der Waals surface area contributed by atoms with E-state index < -0.39 is 0 Å². The summed E-state index contributed by atoms with van der Waals surface area (Å²) in [6.45, 7) is 11.5. The molecule has 0 aromatic heterocycles. The molecular weight excluding hydrogens is 848 g/mol. The van der Waals surface area contributed by atoms with Crippen LogP contribution in [-0.2, 0) is 20.3 Å². The standard InChI is InChI=1S/C21H24O4.C15H12Br4O2/c1-21(2,15-3-7-17(8-4-15)22-11-19-13-24-19)16-5-9-18(10-6-16)23-12-20-14-25-20;1-15(2,7-3-9(16)13(20)10(17)4-7)8-5-11(18)14(21)12(19)6-8/h3-10,19-20H,11-14H2,1-2H3;3-6,20-21H,1-2H3. The SMILES string of the molecule is CC(C)(c1cc(Br)c(O)c(Br)c1)c1cc(Br)c(O)c(Br)c1.CC(C)(c1ccc(OCC2CO2)cc1)c1ccc(OCC2CO2)cc1. The zero-order valence-corrected chi connectivity index (χ0v) is 32.3. The Hall–Kier alpha value is -2.08. The highest BCUT2D eigenvalue weighted by Gasteiger charge is 2.28. The third-order valence-corrected chi connectivity index (χ3v) is 10.7. The second kappa shape index (κ2) is 14.6. The molecule has 2 unspecified atom stereocenters. The molecule has 6 nitrogen and oxygen atoms in total. The predicted molar refractivity (Wildman–Crippen MR) is 195 cm³/mol. The Bertz CT molecular complexity index is 1500. The maximum atomic E-state index is 9.85. The van der Waals surface area contributed by atoms with E-state index in [0.29, 0.717) is 31.1 Å². The van der Waals surface area contributed by atoms with Crippen LogP contribution < -0.4 is 9.47 Å². The van der Waals surface area contributed by atoms with E-state index in [2.05, 4.69) is 116 Å². The highest BCUT2D eigenvalue weighted by atomic mass is 79.9. The van der Waals surface area contributed by atoms with Gasteiger partial charge in [-0.3, -0.25) is 0 Å². The van der Waals surface area contributed by atoms with Crippen molar-refractivity contribution in [1.29, 1.82) is 0 Å². The molecule has 2 fully saturated rings. The lowest BCUT2D eigenvalue weighted by Gasteiger charge is -2.27. The Morgan fingerprint density at radius 1 is 0.565 bits per heavy atom. The Morgan fingerprint density at radius 3 is 1.13 bits per heavy atom. The van der Waals surface area contributed by atoms with Gasteiger partial charge in [0, 0.05) is 10.8 Å². The molecule has 244 valence electrons. The van der Waals surface area contributed by atoms with Crippen LogP contribution in [0.15, 0.2) is 90.7 Å². The van der Waals surface area contributed by atoms with Gasteiger partial charge in [0.05, 0.1) is 31.1 Å². The lowest BCUT2D eigenvalue weighted by Crippen LogP contribution is -2.19. The van der Waals surface area contributed by atoms with Crippen LogP contribution in [0.1, 0.15) is 49.9 Å². The third-order valence-electron chi connectivity index (χ3n) is 8.31. The first-order chi connectivity index (χ1) is 21.8. The van der Waals surface area contributed by atoms with E-state index >= 15 is 0 Å².